The van der Waals surface area contributed by atoms with E-state index in [1.807, 2.05) is 5.38 Å². The molecule has 2 heterocycles. The van der Waals surface area contributed by atoms with Crippen LogP contribution in [0.1, 0.15) is 16.8 Å². The van der Waals surface area contributed by atoms with E-state index in [1.165, 1.54) is 17.4 Å². The van der Waals surface area contributed by atoms with E-state index >= 15 is 0 Å². The zero-order valence-electron chi connectivity index (χ0n) is 11.0. The number of aromatic nitrogens is 1. The Balaban J connectivity index is 1.65. The van der Waals surface area contributed by atoms with Crippen LogP contribution in [-0.4, -0.2) is 35.0 Å². The van der Waals surface area contributed by atoms with E-state index < -0.39 is 11.6 Å². The van der Waals surface area contributed by atoms with E-state index in [2.05, 4.69) is 4.98 Å². The molecule has 0 N–H and O–H groups in total. The summed E-state index contributed by atoms with van der Waals surface area (Å²) in [7, 11) is 0. The summed E-state index contributed by atoms with van der Waals surface area (Å²) in [5, 5.41) is 2.39. The molecule has 0 bridgehead atoms. The molecular formula is C14H12F2N2O2S. The lowest BCUT2D eigenvalue weighted by molar-refractivity contribution is 0.0771. The maximum Gasteiger partial charge on any atom is 0.273 e. The minimum atomic E-state index is -1.02. The van der Waals surface area contributed by atoms with E-state index in [9.17, 15) is 13.6 Å². The second kappa shape index (κ2) is 5.77. The molecule has 1 atom stereocenters. The average Bonchev–Trinajstić information content (AvgIpc) is 3.13. The van der Waals surface area contributed by atoms with E-state index in [4.69, 9.17) is 4.74 Å². The van der Waals surface area contributed by atoms with Gasteiger partial charge in [-0.2, -0.15) is 0 Å². The molecule has 0 saturated carbocycles. The summed E-state index contributed by atoms with van der Waals surface area (Å²) in [6.45, 7) is 0.936. The van der Waals surface area contributed by atoms with Gasteiger partial charge in [0.05, 0.1) is 6.54 Å². The first kappa shape index (κ1) is 13.9. The Morgan fingerprint density at radius 2 is 2.24 bits per heavy atom. The summed E-state index contributed by atoms with van der Waals surface area (Å²) in [6, 6.07) is 3.17. The van der Waals surface area contributed by atoms with Gasteiger partial charge < -0.3 is 9.64 Å². The molecule has 1 amide bonds. The number of hydrogen-bond donors (Lipinski definition) is 0. The van der Waals surface area contributed by atoms with Crippen molar-refractivity contribution in [2.24, 2.45) is 0 Å². The molecule has 2 aromatic rings. The third-order valence-corrected chi connectivity index (χ3v) is 3.94. The highest BCUT2D eigenvalue weighted by molar-refractivity contribution is 7.11. The van der Waals surface area contributed by atoms with Gasteiger partial charge in [0.25, 0.3) is 11.1 Å². The van der Waals surface area contributed by atoms with Crippen molar-refractivity contribution < 1.29 is 18.3 Å². The maximum atomic E-state index is 13.2. The molecule has 4 nitrogen and oxygen atoms in total. The lowest BCUT2D eigenvalue weighted by Gasteiger charge is -2.16. The second-order valence-corrected chi connectivity index (χ2v) is 5.56. The average molecular weight is 310 g/mol. The number of likely N-dealkylation sites (tertiary alicyclic amines) is 1. The number of ether oxygens (including phenoxy) is 1. The Labute approximate surface area is 124 Å². The Bertz CT molecular complexity index is 648. The van der Waals surface area contributed by atoms with Crippen LogP contribution in [0.3, 0.4) is 0 Å². The van der Waals surface area contributed by atoms with Crippen LogP contribution in [-0.2, 0) is 0 Å². The molecule has 1 saturated heterocycles. The molecule has 0 spiro atoms. The summed E-state index contributed by atoms with van der Waals surface area (Å²) in [4.78, 5) is 17.8. The van der Waals surface area contributed by atoms with Gasteiger partial charge in [-0.15, -0.1) is 0 Å². The molecule has 1 aromatic heterocycles. The van der Waals surface area contributed by atoms with Crippen LogP contribution in [0.2, 0.25) is 0 Å². The van der Waals surface area contributed by atoms with Crippen LogP contribution >= 0.6 is 11.3 Å². The number of rotatable bonds is 3. The van der Waals surface area contributed by atoms with Gasteiger partial charge in [0.2, 0.25) is 0 Å². The van der Waals surface area contributed by atoms with Crippen LogP contribution in [0.5, 0.6) is 5.19 Å². The van der Waals surface area contributed by atoms with Gasteiger partial charge in [-0.05, 0) is 18.2 Å². The Kier molecular flexibility index (Phi) is 3.83. The number of halogens is 2. The molecule has 1 fully saturated rings. The number of carbonyl (C=O) groups excluding carboxylic acids is 1. The normalized spacial score (nSPS) is 18.0. The van der Waals surface area contributed by atoms with Crippen LogP contribution in [0.25, 0.3) is 0 Å². The molecule has 1 unspecified atom stereocenters. The van der Waals surface area contributed by atoms with Crippen LogP contribution in [0.4, 0.5) is 8.78 Å². The summed E-state index contributed by atoms with van der Waals surface area (Å²) in [5.41, 5.74) is 0.142. The highest BCUT2D eigenvalue weighted by Crippen LogP contribution is 2.22. The number of carbonyl (C=O) groups is 1. The van der Waals surface area contributed by atoms with Gasteiger partial charge >= 0.3 is 0 Å². The van der Waals surface area contributed by atoms with E-state index in [1.54, 1.807) is 11.1 Å². The standard InChI is InChI=1S/C14H12F2N2O2S/c15-11-2-1-9(7-12(11)16)13(19)18-5-3-10(8-18)20-14-17-4-6-21-14/h1-2,4,6-7,10H,3,5,8H2. The molecule has 0 aliphatic carbocycles. The molecule has 21 heavy (non-hydrogen) atoms. The van der Waals surface area contributed by atoms with Gasteiger partial charge in [0, 0.05) is 30.1 Å². The largest absolute Gasteiger partial charge is 0.465 e. The van der Waals surface area contributed by atoms with E-state index in [0.29, 0.717) is 24.7 Å². The monoisotopic (exact) mass is 310 g/mol. The predicted molar refractivity (Wildman–Crippen MR) is 73.4 cm³/mol. The number of nitrogens with zero attached hydrogens (tertiary/aromatic N) is 2. The van der Waals surface area contributed by atoms with Crippen molar-refractivity contribution in [3.05, 3.63) is 47.0 Å². The molecule has 1 aromatic carbocycles. The zero-order valence-corrected chi connectivity index (χ0v) is 11.8. The lowest BCUT2D eigenvalue weighted by Crippen LogP contribution is -2.31. The molecule has 1 aliphatic heterocycles. The van der Waals surface area contributed by atoms with Gasteiger partial charge in [-0.1, -0.05) is 11.3 Å². The lowest BCUT2D eigenvalue weighted by atomic mass is 10.2. The minimum Gasteiger partial charge on any atom is -0.465 e. The fourth-order valence-electron chi connectivity index (χ4n) is 2.23. The number of thiazole rings is 1. The van der Waals surface area contributed by atoms with Gasteiger partial charge in [-0.25, -0.2) is 13.8 Å². The molecule has 0 radical (unpaired) electrons. The van der Waals surface area contributed by atoms with Crippen molar-refractivity contribution in [1.82, 2.24) is 9.88 Å². The summed E-state index contributed by atoms with van der Waals surface area (Å²) in [6.07, 6.45) is 2.22. The Morgan fingerprint density at radius 1 is 1.38 bits per heavy atom. The topological polar surface area (TPSA) is 42.4 Å². The Morgan fingerprint density at radius 3 is 2.95 bits per heavy atom. The number of benzene rings is 1. The van der Waals surface area contributed by atoms with Gasteiger partial charge in [0.1, 0.15) is 6.10 Å². The third kappa shape index (κ3) is 3.02. The van der Waals surface area contributed by atoms with E-state index in [-0.39, 0.29) is 17.6 Å². The van der Waals surface area contributed by atoms with Crippen LogP contribution in [0, 0.1) is 11.6 Å². The Hall–Kier alpha value is -2.02. The SMILES string of the molecule is O=C(c1ccc(F)c(F)c1)N1CCC(Oc2nccs2)C1. The fraction of sp³-hybridized carbons (Fsp3) is 0.286. The quantitative estimate of drug-likeness (QED) is 0.875. The van der Waals surface area contributed by atoms with Crippen molar-refractivity contribution in [2.75, 3.05) is 13.1 Å². The fourth-order valence-corrected chi connectivity index (χ4v) is 2.78. The predicted octanol–water partition coefficient (Wildman–Crippen LogP) is 2.71. The molecule has 7 heteroatoms. The molecular weight excluding hydrogens is 298 g/mol. The molecule has 1 aliphatic rings. The van der Waals surface area contributed by atoms with Crippen LogP contribution in [0.15, 0.2) is 29.8 Å². The third-order valence-electron chi connectivity index (χ3n) is 3.28. The maximum absolute atomic E-state index is 13.2. The smallest absolute Gasteiger partial charge is 0.273 e. The first-order valence-electron chi connectivity index (χ1n) is 6.44. The first-order valence-corrected chi connectivity index (χ1v) is 7.32. The van der Waals surface area contributed by atoms with Crippen molar-refractivity contribution in [3.63, 3.8) is 0 Å². The van der Waals surface area contributed by atoms with Crippen molar-refractivity contribution in [1.29, 1.82) is 0 Å². The van der Waals surface area contributed by atoms with Crippen LogP contribution < -0.4 is 4.74 Å². The summed E-state index contributed by atoms with van der Waals surface area (Å²) in [5.74, 6) is -2.30. The zero-order chi connectivity index (χ0) is 14.8. The minimum absolute atomic E-state index is 0.120. The van der Waals surface area contributed by atoms with Crippen molar-refractivity contribution in [2.45, 2.75) is 12.5 Å². The van der Waals surface area contributed by atoms with E-state index in [0.717, 1.165) is 12.1 Å². The van der Waals surface area contributed by atoms with Gasteiger partial charge in [-0.3, -0.25) is 4.79 Å². The molecule has 110 valence electrons. The highest BCUT2D eigenvalue weighted by atomic mass is 32.1. The number of hydrogen-bond acceptors (Lipinski definition) is 4. The highest BCUT2D eigenvalue weighted by Gasteiger charge is 2.29. The molecule has 3 rings (SSSR count). The second-order valence-electron chi connectivity index (χ2n) is 4.71. The van der Waals surface area contributed by atoms with Crippen molar-refractivity contribution >= 4 is 17.2 Å². The number of amides is 1. The summed E-state index contributed by atoms with van der Waals surface area (Å²) < 4.78 is 31.7. The summed E-state index contributed by atoms with van der Waals surface area (Å²) >= 11 is 1.39. The first-order chi connectivity index (χ1) is 10.1. The van der Waals surface area contributed by atoms with Crippen molar-refractivity contribution in [3.8, 4) is 5.19 Å². The van der Waals surface area contributed by atoms with Gasteiger partial charge in [0.15, 0.2) is 11.6 Å².